The van der Waals surface area contributed by atoms with Crippen LogP contribution in [0, 0.1) is 0 Å². The molecule has 4 rings (SSSR count). The second-order valence-electron chi connectivity index (χ2n) is 6.68. The number of carbonyl (C=O) groups is 2. The van der Waals surface area contributed by atoms with Crippen LogP contribution in [0.2, 0.25) is 0 Å². The summed E-state index contributed by atoms with van der Waals surface area (Å²) in [4.78, 5) is 42.8. The number of nitrogens with zero attached hydrogens (tertiary/aromatic N) is 3. The number of fused-ring (bicyclic) bond motifs is 2. The van der Waals surface area contributed by atoms with Gasteiger partial charge in [0.25, 0.3) is 5.56 Å². The van der Waals surface area contributed by atoms with E-state index >= 15 is 0 Å². The Morgan fingerprint density at radius 2 is 2.00 bits per heavy atom. The van der Waals surface area contributed by atoms with Gasteiger partial charge in [-0.1, -0.05) is 0 Å². The zero-order chi connectivity index (χ0) is 17.6. The minimum Gasteiger partial charge on any atom is -0.315 e. The van der Waals surface area contributed by atoms with Crippen molar-refractivity contribution < 1.29 is 9.59 Å². The Morgan fingerprint density at radius 3 is 2.84 bits per heavy atom. The third-order valence-electron chi connectivity index (χ3n) is 5.12. The minimum absolute atomic E-state index is 0.00727. The first-order chi connectivity index (χ1) is 12.0. The van der Waals surface area contributed by atoms with Crippen LogP contribution in [0.15, 0.2) is 29.3 Å². The fourth-order valence-electron chi connectivity index (χ4n) is 3.65. The van der Waals surface area contributed by atoms with Gasteiger partial charge in [-0.25, -0.2) is 4.98 Å². The van der Waals surface area contributed by atoms with Gasteiger partial charge >= 0.3 is 0 Å². The highest BCUT2D eigenvalue weighted by atomic mass is 16.2. The minimum atomic E-state index is -0.121. The monoisotopic (exact) mass is 337 g/mol. The summed E-state index contributed by atoms with van der Waals surface area (Å²) < 4.78 is 1.40. The van der Waals surface area contributed by atoms with Crippen LogP contribution in [-0.4, -0.2) is 28.3 Å². The van der Waals surface area contributed by atoms with Crippen molar-refractivity contribution in [3.63, 3.8) is 0 Å². The van der Waals surface area contributed by atoms with Crippen LogP contribution in [0.4, 0.5) is 5.69 Å². The van der Waals surface area contributed by atoms with Gasteiger partial charge in [0.05, 0.1) is 18.6 Å². The number of amides is 1. The van der Waals surface area contributed by atoms with Crippen molar-refractivity contribution >= 4 is 17.4 Å². The molecule has 0 saturated carbocycles. The van der Waals surface area contributed by atoms with Crippen molar-refractivity contribution in [3.8, 4) is 0 Å². The number of rotatable bonds is 3. The molecule has 0 unspecified atom stereocenters. The van der Waals surface area contributed by atoms with Gasteiger partial charge in [0.15, 0.2) is 5.78 Å². The summed E-state index contributed by atoms with van der Waals surface area (Å²) in [6.45, 7) is -0.00727. The molecule has 25 heavy (non-hydrogen) atoms. The Labute approximate surface area is 145 Å². The molecule has 2 aromatic rings. The van der Waals surface area contributed by atoms with Gasteiger partial charge in [-0.15, -0.1) is 0 Å². The molecule has 0 N–H and O–H groups in total. The van der Waals surface area contributed by atoms with E-state index < -0.39 is 0 Å². The molecule has 6 heteroatoms. The maximum Gasteiger partial charge on any atom is 0.257 e. The first-order valence-electron chi connectivity index (χ1n) is 8.54. The van der Waals surface area contributed by atoms with E-state index in [1.54, 1.807) is 18.0 Å². The fourth-order valence-corrected chi connectivity index (χ4v) is 3.65. The SMILES string of the molecule is CN1C(=O)CCc2cc(C(=O)Cn3cnc4c(c3=O)CCC4)ccc21. The maximum absolute atomic E-state index is 12.6. The van der Waals surface area contributed by atoms with E-state index in [-0.39, 0.29) is 23.8 Å². The first kappa shape index (κ1) is 15.7. The normalized spacial score (nSPS) is 15.9. The number of Topliss-reactive ketones (excluding diaryl/α,β-unsaturated/α-hetero) is 1. The highest BCUT2D eigenvalue weighted by Gasteiger charge is 2.22. The Hall–Kier alpha value is -2.76. The van der Waals surface area contributed by atoms with Crippen LogP contribution < -0.4 is 10.5 Å². The number of hydrogen-bond donors (Lipinski definition) is 0. The van der Waals surface area contributed by atoms with Gasteiger partial charge in [0, 0.05) is 30.3 Å². The molecule has 0 fully saturated rings. The molecule has 2 heterocycles. The lowest BCUT2D eigenvalue weighted by molar-refractivity contribution is -0.118. The lowest BCUT2D eigenvalue weighted by Gasteiger charge is -2.26. The summed E-state index contributed by atoms with van der Waals surface area (Å²) in [6, 6.07) is 5.37. The summed E-state index contributed by atoms with van der Waals surface area (Å²) in [5.41, 5.74) is 3.93. The topological polar surface area (TPSA) is 72.3 Å². The van der Waals surface area contributed by atoms with E-state index in [2.05, 4.69) is 4.98 Å². The Balaban J connectivity index is 1.60. The summed E-state index contributed by atoms with van der Waals surface area (Å²) in [6.07, 6.45) is 5.11. The average Bonchev–Trinajstić information content (AvgIpc) is 3.10. The summed E-state index contributed by atoms with van der Waals surface area (Å²) in [5.74, 6) is -0.0356. The number of aryl methyl sites for hydroxylation is 2. The third-order valence-corrected chi connectivity index (χ3v) is 5.12. The van der Waals surface area contributed by atoms with Crippen LogP contribution in [0.3, 0.4) is 0 Å². The van der Waals surface area contributed by atoms with E-state index in [4.69, 9.17) is 0 Å². The number of benzene rings is 1. The molecule has 0 spiro atoms. The van der Waals surface area contributed by atoms with Crippen molar-refractivity contribution in [1.29, 1.82) is 0 Å². The fraction of sp³-hybridized carbons (Fsp3) is 0.368. The highest BCUT2D eigenvalue weighted by Crippen LogP contribution is 2.27. The molecule has 1 amide bonds. The van der Waals surface area contributed by atoms with Crippen LogP contribution in [0.5, 0.6) is 0 Å². The molecule has 0 bridgehead atoms. The van der Waals surface area contributed by atoms with E-state index in [1.807, 2.05) is 12.1 Å². The molecule has 0 saturated heterocycles. The molecule has 0 atom stereocenters. The van der Waals surface area contributed by atoms with Crippen LogP contribution in [0.1, 0.15) is 40.0 Å². The molecule has 128 valence electrons. The molecule has 1 aliphatic heterocycles. The Bertz CT molecular complexity index is 945. The van der Waals surface area contributed by atoms with Crippen molar-refractivity contribution in [2.75, 3.05) is 11.9 Å². The molecule has 6 nitrogen and oxygen atoms in total. The molecule has 1 aromatic heterocycles. The largest absolute Gasteiger partial charge is 0.315 e. The quantitative estimate of drug-likeness (QED) is 0.796. The van der Waals surface area contributed by atoms with Crippen LogP contribution >= 0.6 is 0 Å². The molecular formula is C19H19N3O3. The summed E-state index contributed by atoms with van der Waals surface area (Å²) in [5, 5.41) is 0. The lowest BCUT2D eigenvalue weighted by atomic mass is 9.97. The summed E-state index contributed by atoms with van der Waals surface area (Å²) >= 11 is 0. The van der Waals surface area contributed by atoms with Crippen molar-refractivity contribution in [3.05, 3.63) is 57.3 Å². The highest BCUT2D eigenvalue weighted by molar-refractivity contribution is 5.99. The molecular weight excluding hydrogens is 318 g/mol. The van der Waals surface area contributed by atoms with Crippen molar-refractivity contribution in [2.24, 2.45) is 0 Å². The van der Waals surface area contributed by atoms with Crippen molar-refractivity contribution in [1.82, 2.24) is 9.55 Å². The zero-order valence-corrected chi connectivity index (χ0v) is 14.1. The molecule has 0 radical (unpaired) electrons. The first-order valence-corrected chi connectivity index (χ1v) is 8.54. The van der Waals surface area contributed by atoms with Crippen molar-refractivity contribution in [2.45, 2.75) is 38.6 Å². The van der Waals surface area contributed by atoms with Gasteiger partial charge in [-0.2, -0.15) is 0 Å². The second kappa shape index (κ2) is 5.95. The maximum atomic E-state index is 12.6. The number of aromatic nitrogens is 2. The van der Waals surface area contributed by atoms with Gasteiger partial charge in [-0.3, -0.25) is 19.0 Å². The number of hydrogen-bond acceptors (Lipinski definition) is 4. The lowest BCUT2D eigenvalue weighted by Crippen LogP contribution is -2.31. The van der Waals surface area contributed by atoms with E-state index in [9.17, 15) is 14.4 Å². The smallest absolute Gasteiger partial charge is 0.257 e. The molecule has 1 aliphatic carbocycles. The predicted octanol–water partition coefficient (Wildman–Crippen LogP) is 1.52. The van der Waals surface area contributed by atoms with Gasteiger partial charge in [0.1, 0.15) is 0 Å². The van der Waals surface area contributed by atoms with E-state index in [1.165, 1.54) is 10.9 Å². The van der Waals surface area contributed by atoms with Crippen LogP contribution in [-0.2, 0) is 30.6 Å². The zero-order valence-electron chi connectivity index (χ0n) is 14.1. The van der Waals surface area contributed by atoms with Gasteiger partial charge in [-0.05, 0) is 49.4 Å². The summed E-state index contributed by atoms with van der Waals surface area (Å²) in [7, 11) is 1.75. The number of carbonyl (C=O) groups excluding carboxylic acids is 2. The third kappa shape index (κ3) is 2.67. The van der Waals surface area contributed by atoms with Crippen LogP contribution in [0.25, 0.3) is 0 Å². The van der Waals surface area contributed by atoms with Gasteiger partial charge in [0.2, 0.25) is 5.91 Å². The molecule has 2 aliphatic rings. The molecule has 1 aromatic carbocycles. The van der Waals surface area contributed by atoms with E-state index in [0.717, 1.165) is 41.8 Å². The Kier molecular flexibility index (Phi) is 3.75. The second-order valence-corrected chi connectivity index (χ2v) is 6.68. The standard InChI is InChI=1S/C19H19N3O3/c1-21-16-7-5-13(9-12(16)6-8-18(21)24)17(23)10-22-11-20-15-4-2-3-14(15)19(22)25/h5,7,9,11H,2-4,6,8,10H2,1H3. The Morgan fingerprint density at radius 1 is 1.16 bits per heavy atom. The number of ketones is 1. The van der Waals surface area contributed by atoms with E-state index in [0.29, 0.717) is 18.4 Å². The predicted molar refractivity (Wildman–Crippen MR) is 93.0 cm³/mol. The average molecular weight is 337 g/mol. The number of anilines is 1. The van der Waals surface area contributed by atoms with Gasteiger partial charge < -0.3 is 4.90 Å².